The van der Waals surface area contributed by atoms with Gasteiger partial charge >= 0.3 is 0 Å². The fraction of sp³-hybridized carbons (Fsp3) is 0. The minimum absolute atomic E-state index is 0.556. The van der Waals surface area contributed by atoms with E-state index in [0.717, 1.165) is 49.7 Å². The van der Waals surface area contributed by atoms with Crippen molar-refractivity contribution in [2.24, 2.45) is 0 Å². The van der Waals surface area contributed by atoms with Crippen LogP contribution in [0.3, 0.4) is 0 Å². The highest BCUT2D eigenvalue weighted by Crippen LogP contribution is 2.37. The van der Waals surface area contributed by atoms with Crippen LogP contribution in [0.15, 0.2) is 95.5 Å². The zero-order chi connectivity index (χ0) is 19.2. The summed E-state index contributed by atoms with van der Waals surface area (Å²) in [5.74, 6) is 0.556. The quantitative estimate of drug-likeness (QED) is 0.359. The van der Waals surface area contributed by atoms with Crippen LogP contribution in [-0.2, 0) is 0 Å². The third-order valence-electron chi connectivity index (χ3n) is 5.15. The molecule has 29 heavy (non-hydrogen) atoms. The summed E-state index contributed by atoms with van der Waals surface area (Å²) in [6.07, 6.45) is 1.88. The highest BCUT2D eigenvalue weighted by atomic mass is 16.3. The van der Waals surface area contributed by atoms with Gasteiger partial charge in [-0.25, -0.2) is 9.97 Å². The molecule has 4 heteroatoms. The van der Waals surface area contributed by atoms with Gasteiger partial charge in [-0.05, 0) is 29.7 Å². The van der Waals surface area contributed by atoms with Crippen LogP contribution in [0.25, 0.3) is 55.6 Å². The summed E-state index contributed by atoms with van der Waals surface area (Å²) in [4.78, 5) is 14.4. The Labute approximate surface area is 166 Å². The SMILES string of the molecule is c1ccc2nc(-c3ncc4ccccc4c3-c3nc4ccccc4o3)ccc2c1. The molecule has 0 aliphatic rings. The number of hydrogen-bond donors (Lipinski definition) is 0. The number of pyridine rings is 2. The highest BCUT2D eigenvalue weighted by Gasteiger charge is 2.19. The van der Waals surface area contributed by atoms with E-state index in [1.807, 2.05) is 72.9 Å². The lowest BCUT2D eigenvalue weighted by Crippen LogP contribution is -1.94. The molecule has 0 saturated heterocycles. The molecule has 136 valence electrons. The number of fused-ring (bicyclic) bond motifs is 3. The van der Waals surface area contributed by atoms with Crippen molar-refractivity contribution in [3.63, 3.8) is 0 Å². The summed E-state index contributed by atoms with van der Waals surface area (Å²) in [5.41, 5.74) is 4.94. The largest absolute Gasteiger partial charge is 0.436 e. The molecule has 0 saturated carbocycles. The molecule has 0 fully saturated rings. The van der Waals surface area contributed by atoms with Crippen LogP contribution in [0.2, 0.25) is 0 Å². The highest BCUT2D eigenvalue weighted by molar-refractivity contribution is 6.01. The van der Waals surface area contributed by atoms with Crippen molar-refractivity contribution < 1.29 is 4.42 Å². The second-order valence-corrected chi connectivity index (χ2v) is 6.94. The molecule has 0 spiro atoms. The molecule has 6 rings (SSSR count). The van der Waals surface area contributed by atoms with Gasteiger partial charge in [0.2, 0.25) is 5.89 Å². The van der Waals surface area contributed by atoms with Gasteiger partial charge in [0.05, 0.1) is 16.8 Å². The van der Waals surface area contributed by atoms with Gasteiger partial charge in [0, 0.05) is 17.0 Å². The second-order valence-electron chi connectivity index (χ2n) is 6.94. The maximum absolute atomic E-state index is 6.13. The van der Waals surface area contributed by atoms with Crippen LogP contribution in [0.1, 0.15) is 0 Å². The topological polar surface area (TPSA) is 51.8 Å². The normalized spacial score (nSPS) is 11.4. The van der Waals surface area contributed by atoms with Crippen LogP contribution in [0, 0.1) is 0 Å². The number of oxazole rings is 1. The summed E-state index contributed by atoms with van der Waals surface area (Å²) < 4.78 is 6.13. The van der Waals surface area contributed by atoms with E-state index in [0.29, 0.717) is 5.89 Å². The number of aromatic nitrogens is 3. The van der Waals surface area contributed by atoms with E-state index >= 15 is 0 Å². The molecule has 3 heterocycles. The summed E-state index contributed by atoms with van der Waals surface area (Å²) in [5, 5.41) is 3.17. The lowest BCUT2D eigenvalue weighted by Gasteiger charge is -2.10. The molecule has 0 aliphatic heterocycles. The average molecular weight is 373 g/mol. The van der Waals surface area contributed by atoms with E-state index in [1.54, 1.807) is 0 Å². The van der Waals surface area contributed by atoms with Gasteiger partial charge in [-0.3, -0.25) is 4.98 Å². The predicted molar refractivity (Wildman–Crippen MR) is 115 cm³/mol. The van der Waals surface area contributed by atoms with Gasteiger partial charge < -0.3 is 4.42 Å². The number of hydrogen-bond acceptors (Lipinski definition) is 4. The van der Waals surface area contributed by atoms with Gasteiger partial charge in [0.25, 0.3) is 0 Å². The van der Waals surface area contributed by atoms with Gasteiger partial charge in [0.15, 0.2) is 5.58 Å². The Balaban J connectivity index is 1.68. The monoisotopic (exact) mass is 373 g/mol. The van der Waals surface area contributed by atoms with E-state index in [2.05, 4.69) is 18.2 Å². The molecule has 0 radical (unpaired) electrons. The maximum Gasteiger partial charge on any atom is 0.230 e. The van der Waals surface area contributed by atoms with Gasteiger partial charge in [-0.1, -0.05) is 60.7 Å². The summed E-state index contributed by atoms with van der Waals surface area (Å²) in [6.45, 7) is 0. The Morgan fingerprint density at radius 3 is 2.28 bits per heavy atom. The minimum Gasteiger partial charge on any atom is -0.436 e. The van der Waals surface area contributed by atoms with Crippen LogP contribution < -0.4 is 0 Å². The Kier molecular flexibility index (Phi) is 3.43. The Hall–Kier alpha value is -4.05. The van der Waals surface area contributed by atoms with Gasteiger partial charge in [-0.15, -0.1) is 0 Å². The average Bonchev–Trinajstić information content (AvgIpc) is 3.22. The van der Waals surface area contributed by atoms with Crippen LogP contribution in [0.4, 0.5) is 0 Å². The predicted octanol–water partition coefficient (Wildman–Crippen LogP) is 6.26. The van der Waals surface area contributed by atoms with Crippen molar-refractivity contribution in [2.45, 2.75) is 0 Å². The molecule has 0 unspecified atom stereocenters. The van der Waals surface area contributed by atoms with Crippen molar-refractivity contribution in [3.8, 4) is 22.8 Å². The molecule has 0 atom stereocenters. The molecular weight excluding hydrogens is 358 g/mol. The first-order valence-electron chi connectivity index (χ1n) is 9.47. The lowest BCUT2D eigenvalue weighted by atomic mass is 10.0. The first-order valence-corrected chi connectivity index (χ1v) is 9.47. The smallest absolute Gasteiger partial charge is 0.230 e. The Bertz CT molecular complexity index is 1480. The van der Waals surface area contributed by atoms with Crippen molar-refractivity contribution in [2.75, 3.05) is 0 Å². The maximum atomic E-state index is 6.13. The molecule has 0 aliphatic carbocycles. The molecule has 0 N–H and O–H groups in total. The van der Waals surface area contributed by atoms with E-state index in [4.69, 9.17) is 19.4 Å². The first-order chi connectivity index (χ1) is 14.4. The zero-order valence-corrected chi connectivity index (χ0v) is 15.4. The third kappa shape index (κ3) is 2.57. The molecule has 0 amide bonds. The number of nitrogens with zero attached hydrogens (tertiary/aromatic N) is 3. The Morgan fingerprint density at radius 1 is 0.621 bits per heavy atom. The van der Waals surface area contributed by atoms with Crippen LogP contribution in [0.5, 0.6) is 0 Å². The molecule has 0 bridgehead atoms. The van der Waals surface area contributed by atoms with Crippen molar-refractivity contribution in [1.29, 1.82) is 0 Å². The lowest BCUT2D eigenvalue weighted by molar-refractivity contribution is 0.620. The number of para-hydroxylation sites is 3. The van der Waals surface area contributed by atoms with Gasteiger partial charge in [-0.2, -0.15) is 0 Å². The molecule has 3 aromatic heterocycles. The van der Waals surface area contributed by atoms with Crippen molar-refractivity contribution in [3.05, 3.63) is 91.1 Å². The Morgan fingerprint density at radius 2 is 1.38 bits per heavy atom. The molecular formula is C25H15N3O. The number of rotatable bonds is 2. The second kappa shape index (κ2) is 6.24. The third-order valence-corrected chi connectivity index (χ3v) is 5.15. The fourth-order valence-electron chi connectivity index (χ4n) is 3.75. The fourth-order valence-corrected chi connectivity index (χ4v) is 3.75. The van der Waals surface area contributed by atoms with E-state index in [-0.39, 0.29) is 0 Å². The van der Waals surface area contributed by atoms with Gasteiger partial charge in [0.1, 0.15) is 11.2 Å². The van der Waals surface area contributed by atoms with Crippen LogP contribution in [-0.4, -0.2) is 15.0 Å². The minimum atomic E-state index is 0.556. The first kappa shape index (κ1) is 16.0. The standard InChI is InChI=1S/C25H15N3O/c1-3-9-18-17(8-1)15-26-24(21-14-13-16-7-2-4-10-19(16)27-21)23(18)25-28-20-11-5-6-12-22(20)29-25/h1-15H. The van der Waals surface area contributed by atoms with E-state index in [1.165, 1.54) is 0 Å². The summed E-state index contributed by atoms with van der Waals surface area (Å²) in [7, 11) is 0. The summed E-state index contributed by atoms with van der Waals surface area (Å²) >= 11 is 0. The van der Waals surface area contributed by atoms with E-state index in [9.17, 15) is 0 Å². The number of benzene rings is 3. The zero-order valence-electron chi connectivity index (χ0n) is 15.4. The van der Waals surface area contributed by atoms with Crippen molar-refractivity contribution >= 4 is 32.8 Å². The van der Waals surface area contributed by atoms with Crippen LogP contribution >= 0.6 is 0 Å². The molecule has 4 nitrogen and oxygen atoms in total. The molecule has 3 aromatic carbocycles. The van der Waals surface area contributed by atoms with E-state index < -0.39 is 0 Å². The van der Waals surface area contributed by atoms with Crippen molar-refractivity contribution in [1.82, 2.24) is 15.0 Å². The molecule has 6 aromatic rings. The summed E-state index contributed by atoms with van der Waals surface area (Å²) in [6, 6.07) is 28.1.